The highest BCUT2D eigenvalue weighted by Crippen LogP contribution is 2.28. The first-order valence-corrected chi connectivity index (χ1v) is 9.80. The number of fused-ring (bicyclic) bond motifs is 1. The first kappa shape index (κ1) is 21.5. The van der Waals surface area contributed by atoms with E-state index >= 15 is 0 Å². The standard InChI is InChI=1S/C19H26ClN5O4/c1-6-12(8-13-7-11(2)27-10-28-13)25-9-21-14-15(20)22-17(23-16(14)25)24-18(26)29-19(3,4)5/h6,9,11-13H,1,7-8,10H2,2-5H3,(H,22,23,24,26). The number of hydrogen-bond acceptors (Lipinski definition) is 7. The van der Waals surface area contributed by atoms with Gasteiger partial charge in [-0.15, -0.1) is 6.58 Å². The predicted octanol–water partition coefficient (Wildman–Crippen LogP) is 4.10. The van der Waals surface area contributed by atoms with Gasteiger partial charge < -0.3 is 18.8 Å². The number of carbonyl (C=O) groups is 1. The SMILES string of the molecule is C=CC(CC1CC(C)OCO1)n1cnc2c(Cl)nc(NC(=O)OC(C)(C)C)nc21. The Labute approximate surface area is 174 Å². The molecule has 2 aromatic heterocycles. The third-order valence-corrected chi connectivity index (χ3v) is 4.64. The molecular weight excluding hydrogens is 398 g/mol. The van der Waals surface area contributed by atoms with E-state index in [9.17, 15) is 4.79 Å². The maximum Gasteiger partial charge on any atom is 0.414 e. The number of ether oxygens (including phenoxy) is 3. The molecule has 3 heterocycles. The van der Waals surface area contributed by atoms with Crippen molar-refractivity contribution < 1.29 is 19.0 Å². The van der Waals surface area contributed by atoms with Crippen molar-refractivity contribution in [1.82, 2.24) is 19.5 Å². The van der Waals surface area contributed by atoms with Crippen molar-refractivity contribution in [3.63, 3.8) is 0 Å². The number of nitrogens with zero attached hydrogens (tertiary/aromatic N) is 4. The molecule has 1 aliphatic heterocycles. The van der Waals surface area contributed by atoms with Crippen LogP contribution in [0, 0.1) is 0 Å². The van der Waals surface area contributed by atoms with Crippen LogP contribution in [0.3, 0.4) is 0 Å². The smallest absolute Gasteiger partial charge is 0.414 e. The van der Waals surface area contributed by atoms with Crippen molar-refractivity contribution in [2.75, 3.05) is 12.1 Å². The van der Waals surface area contributed by atoms with Gasteiger partial charge >= 0.3 is 6.09 Å². The van der Waals surface area contributed by atoms with Gasteiger partial charge in [-0.25, -0.2) is 9.78 Å². The fraction of sp³-hybridized carbons (Fsp3) is 0.579. The van der Waals surface area contributed by atoms with Crippen molar-refractivity contribution in [3.8, 4) is 0 Å². The van der Waals surface area contributed by atoms with Crippen LogP contribution in [0.25, 0.3) is 11.2 Å². The summed E-state index contributed by atoms with van der Waals surface area (Å²) in [6.07, 6.45) is 4.41. The molecule has 10 heteroatoms. The van der Waals surface area contributed by atoms with Crippen LogP contribution in [0.2, 0.25) is 5.15 Å². The van der Waals surface area contributed by atoms with Crippen LogP contribution >= 0.6 is 11.6 Å². The van der Waals surface area contributed by atoms with Crippen molar-refractivity contribution in [2.45, 2.75) is 64.4 Å². The molecule has 3 atom stereocenters. The van der Waals surface area contributed by atoms with E-state index in [2.05, 4.69) is 26.8 Å². The summed E-state index contributed by atoms with van der Waals surface area (Å²) >= 11 is 6.26. The normalized spacial score (nSPS) is 21.0. The number of rotatable bonds is 5. The minimum Gasteiger partial charge on any atom is -0.444 e. The molecule has 29 heavy (non-hydrogen) atoms. The highest BCUT2D eigenvalue weighted by Gasteiger charge is 2.25. The van der Waals surface area contributed by atoms with Gasteiger partial charge in [0.15, 0.2) is 10.8 Å². The Morgan fingerprint density at radius 1 is 1.48 bits per heavy atom. The Balaban J connectivity index is 1.85. The third-order valence-electron chi connectivity index (χ3n) is 4.38. The number of allylic oxidation sites excluding steroid dienone is 1. The Bertz CT molecular complexity index is 895. The number of amides is 1. The van der Waals surface area contributed by atoms with Crippen LogP contribution in [-0.4, -0.2) is 50.2 Å². The largest absolute Gasteiger partial charge is 0.444 e. The number of carbonyl (C=O) groups excluding carboxylic acids is 1. The molecule has 0 bridgehead atoms. The van der Waals surface area contributed by atoms with E-state index in [1.807, 2.05) is 17.6 Å². The van der Waals surface area contributed by atoms with Gasteiger partial charge in [0.25, 0.3) is 0 Å². The van der Waals surface area contributed by atoms with E-state index in [1.54, 1.807) is 27.1 Å². The molecule has 1 N–H and O–H groups in total. The first-order valence-electron chi connectivity index (χ1n) is 9.42. The summed E-state index contributed by atoms with van der Waals surface area (Å²) in [7, 11) is 0. The molecule has 0 saturated carbocycles. The number of aromatic nitrogens is 4. The number of nitrogens with one attached hydrogen (secondary N) is 1. The van der Waals surface area contributed by atoms with E-state index in [0.29, 0.717) is 17.6 Å². The quantitative estimate of drug-likeness (QED) is 0.570. The molecule has 1 amide bonds. The molecule has 3 rings (SSSR count). The van der Waals surface area contributed by atoms with Gasteiger partial charge in [-0.3, -0.25) is 5.32 Å². The molecule has 0 aromatic carbocycles. The maximum absolute atomic E-state index is 12.1. The van der Waals surface area contributed by atoms with Crippen LogP contribution in [0.4, 0.5) is 10.7 Å². The van der Waals surface area contributed by atoms with E-state index in [-0.39, 0.29) is 36.1 Å². The highest BCUT2D eigenvalue weighted by atomic mass is 35.5. The zero-order valence-corrected chi connectivity index (χ0v) is 17.8. The van der Waals surface area contributed by atoms with E-state index < -0.39 is 11.7 Å². The van der Waals surface area contributed by atoms with Gasteiger partial charge in [-0.05, 0) is 40.5 Å². The predicted molar refractivity (Wildman–Crippen MR) is 109 cm³/mol. The van der Waals surface area contributed by atoms with Crippen LogP contribution < -0.4 is 5.32 Å². The zero-order chi connectivity index (χ0) is 21.2. The number of hydrogen-bond donors (Lipinski definition) is 1. The highest BCUT2D eigenvalue weighted by molar-refractivity contribution is 6.33. The summed E-state index contributed by atoms with van der Waals surface area (Å²) in [4.78, 5) is 24.9. The van der Waals surface area contributed by atoms with Gasteiger partial charge in [0.05, 0.1) is 24.6 Å². The molecule has 0 radical (unpaired) electrons. The monoisotopic (exact) mass is 423 g/mol. The van der Waals surface area contributed by atoms with Crippen LogP contribution in [0.1, 0.15) is 46.6 Å². The molecule has 3 unspecified atom stereocenters. The van der Waals surface area contributed by atoms with Gasteiger partial charge in [0.1, 0.15) is 17.9 Å². The number of anilines is 1. The molecule has 158 valence electrons. The minimum absolute atomic E-state index is 0.0240. The van der Waals surface area contributed by atoms with Crippen LogP contribution in [-0.2, 0) is 14.2 Å². The number of imidazole rings is 1. The Morgan fingerprint density at radius 3 is 2.90 bits per heavy atom. The Hall–Kier alpha value is -2.23. The second-order valence-corrected chi connectivity index (χ2v) is 8.31. The second-order valence-electron chi connectivity index (χ2n) is 7.95. The zero-order valence-electron chi connectivity index (χ0n) is 17.0. The maximum atomic E-state index is 12.1. The van der Waals surface area contributed by atoms with Gasteiger partial charge in [-0.2, -0.15) is 9.97 Å². The lowest BCUT2D eigenvalue weighted by molar-refractivity contribution is -0.172. The van der Waals surface area contributed by atoms with Crippen LogP contribution in [0.5, 0.6) is 0 Å². The minimum atomic E-state index is -0.663. The molecule has 1 aliphatic rings. The van der Waals surface area contributed by atoms with Crippen molar-refractivity contribution >= 4 is 34.8 Å². The van der Waals surface area contributed by atoms with E-state index in [4.69, 9.17) is 25.8 Å². The average molecular weight is 424 g/mol. The summed E-state index contributed by atoms with van der Waals surface area (Å²) < 4.78 is 18.2. The molecule has 0 aliphatic carbocycles. The molecule has 9 nitrogen and oxygen atoms in total. The van der Waals surface area contributed by atoms with Crippen LogP contribution in [0.15, 0.2) is 19.0 Å². The van der Waals surface area contributed by atoms with E-state index in [0.717, 1.165) is 6.42 Å². The Morgan fingerprint density at radius 2 is 2.24 bits per heavy atom. The summed E-state index contributed by atoms with van der Waals surface area (Å²) in [6, 6.07) is -0.129. The van der Waals surface area contributed by atoms with Crippen molar-refractivity contribution in [3.05, 3.63) is 24.1 Å². The van der Waals surface area contributed by atoms with Gasteiger partial charge in [0.2, 0.25) is 5.95 Å². The van der Waals surface area contributed by atoms with Gasteiger partial charge in [0, 0.05) is 0 Å². The summed E-state index contributed by atoms with van der Waals surface area (Å²) in [5.74, 6) is 0.0391. The molecule has 1 fully saturated rings. The lowest BCUT2D eigenvalue weighted by Crippen LogP contribution is -2.31. The summed E-state index contributed by atoms with van der Waals surface area (Å²) in [5.41, 5.74) is 0.282. The average Bonchev–Trinajstić information content (AvgIpc) is 3.02. The third kappa shape index (κ3) is 5.43. The molecule has 2 aromatic rings. The first-order chi connectivity index (χ1) is 13.7. The molecular formula is C19H26ClN5O4. The molecule has 0 spiro atoms. The fourth-order valence-electron chi connectivity index (χ4n) is 3.09. The summed E-state index contributed by atoms with van der Waals surface area (Å²) in [5, 5.41) is 2.65. The lowest BCUT2D eigenvalue weighted by atomic mass is 10.0. The van der Waals surface area contributed by atoms with Crippen molar-refractivity contribution in [1.29, 1.82) is 0 Å². The summed E-state index contributed by atoms with van der Waals surface area (Å²) in [6.45, 7) is 11.5. The van der Waals surface area contributed by atoms with Gasteiger partial charge in [-0.1, -0.05) is 17.7 Å². The van der Waals surface area contributed by atoms with Crippen molar-refractivity contribution in [2.24, 2.45) is 0 Å². The lowest BCUT2D eigenvalue weighted by Gasteiger charge is -2.30. The second kappa shape index (κ2) is 8.64. The Kier molecular flexibility index (Phi) is 6.40. The fourth-order valence-corrected chi connectivity index (χ4v) is 3.30. The van der Waals surface area contributed by atoms with E-state index in [1.165, 1.54) is 0 Å². The molecule has 1 saturated heterocycles. The topological polar surface area (TPSA) is 100 Å². The number of halogens is 1.